The van der Waals surface area contributed by atoms with Gasteiger partial charge in [-0.05, 0) is 63.8 Å². The monoisotopic (exact) mass is 271 g/mol. The van der Waals surface area contributed by atoms with Crippen LogP contribution in [-0.2, 0) is 4.79 Å². The number of aliphatic hydroxyl groups is 1. The molecule has 1 aromatic carbocycles. The van der Waals surface area contributed by atoms with E-state index < -0.39 is 0 Å². The molecule has 0 fully saturated rings. The molecule has 2 N–H and O–H groups in total. The van der Waals surface area contributed by atoms with Gasteiger partial charge in [-0.15, -0.1) is 0 Å². The van der Waals surface area contributed by atoms with Gasteiger partial charge in [0.05, 0.1) is 0 Å². The highest BCUT2D eigenvalue weighted by Gasteiger charge is 2.19. The number of ketones is 1. The van der Waals surface area contributed by atoms with Gasteiger partial charge in [-0.3, -0.25) is 4.79 Å². The minimum Gasteiger partial charge on any atom is -0.507 e. The molecule has 1 heterocycles. The molecule has 0 amide bonds. The minimum absolute atomic E-state index is 0.0343. The van der Waals surface area contributed by atoms with E-state index in [0.717, 1.165) is 27.7 Å². The second kappa shape index (κ2) is 4.82. The molecule has 0 radical (unpaired) electrons. The number of fused-ring (bicyclic) bond motifs is 1. The number of aryl methyl sites for hydroxylation is 3. The summed E-state index contributed by atoms with van der Waals surface area (Å²) in [6.45, 7) is 11.7. The molecule has 1 aromatic heterocycles. The van der Waals surface area contributed by atoms with Crippen molar-refractivity contribution in [3.8, 4) is 0 Å². The summed E-state index contributed by atoms with van der Waals surface area (Å²) < 4.78 is 0. The Morgan fingerprint density at radius 1 is 1.00 bits per heavy atom. The molecule has 0 aliphatic carbocycles. The topological polar surface area (TPSA) is 53.1 Å². The second-order valence-electron chi connectivity index (χ2n) is 5.52. The van der Waals surface area contributed by atoms with Crippen molar-refractivity contribution in [2.75, 3.05) is 0 Å². The van der Waals surface area contributed by atoms with Crippen molar-refractivity contribution >= 4 is 22.4 Å². The third kappa shape index (κ3) is 2.03. The summed E-state index contributed by atoms with van der Waals surface area (Å²) in [7, 11) is 0. The number of hydrogen-bond donors (Lipinski definition) is 2. The molecule has 0 spiro atoms. The fourth-order valence-electron chi connectivity index (χ4n) is 2.80. The maximum Gasteiger partial charge on any atom is 0.156 e. The first kappa shape index (κ1) is 14.4. The van der Waals surface area contributed by atoms with Gasteiger partial charge in [-0.25, -0.2) is 0 Å². The number of aliphatic hydroxyl groups excluding tert-OH is 1. The van der Waals surface area contributed by atoms with E-state index in [1.807, 2.05) is 6.92 Å². The van der Waals surface area contributed by atoms with Gasteiger partial charge in [0.15, 0.2) is 5.78 Å². The quantitative estimate of drug-likeness (QED) is 0.635. The summed E-state index contributed by atoms with van der Waals surface area (Å²) in [5.74, 6) is -0.124. The second-order valence-corrected chi connectivity index (χ2v) is 5.52. The SMILES string of the molecule is CC(=O)/C=C(\O)c1c(C)[nH]c2c(C)c(C)c(C)c(C)c12. The van der Waals surface area contributed by atoms with Crippen molar-refractivity contribution in [2.45, 2.75) is 41.5 Å². The molecule has 3 nitrogen and oxygen atoms in total. The van der Waals surface area contributed by atoms with Crippen LogP contribution in [-0.4, -0.2) is 15.9 Å². The third-order valence-corrected chi connectivity index (χ3v) is 4.22. The highest BCUT2D eigenvalue weighted by molar-refractivity contribution is 6.02. The molecular weight excluding hydrogens is 250 g/mol. The van der Waals surface area contributed by atoms with Crippen molar-refractivity contribution in [2.24, 2.45) is 0 Å². The van der Waals surface area contributed by atoms with Crippen LogP contribution in [0.15, 0.2) is 6.08 Å². The largest absolute Gasteiger partial charge is 0.507 e. The van der Waals surface area contributed by atoms with E-state index in [1.165, 1.54) is 29.7 Å². The van der Waals surface area contributed by atoms with E-state index >= 15 is 0 Å². The first-order chi connectivity index (χ1) is 9.25. The zero-order chi connectivity index (χ0) is 15.2. The van der Waals surface area contributed by atoms with Crippen LogP contribution in [0.3, 0.4) is 0 Å². The van der Waals surface area contributed by atoms with Crippen molar-refractivity contribution < 1.29 is 9.90 Å². The lowest BCUT2D eigenvalue weighted by atomic mass is 9.93. The average molecular weight is 271 g/mol. The Kier molecular flexibility index (Phi) is 3.46. The number of hydrogen-bond acceptors (Lipinski definition) is 2. The summed E-state index contributed by atoms with van der Waals surface area (Å²) in [5.41, 5.74) is 7.48. The number of rotatable bonds is 2. The molecule has 2 aromatic rings. The number of aromatic nitrogens is 1. The van der Waals surface area contributed by atoms with Crippen LogP contribution >= 0.6 is 0 Å². The van der Waals surface area contributed by atoms with Crippen molar-refractivity contribution in [3.63, 3.8) is 0 Å². The van der Waals surface area contributed by atoms with E-state index in [9.17, 15) is 9.90 Å². The first-order valence-electron chi connectivity index (χ1n) is 6.76. The Balaban J connectivity index is 2.94. The van der Waals surface area contributed by atoms with Gasteiger partial charge in [-0.2, -0.15) is 0 Å². The van der Waals surface area contributed by atoms with Crippen LogP contribution in [0.1, 0.15) is 40.4 Å². The zero-order valence-electron chi connectivity index (χ0n) is 12.9. The Hall–Kier alpha value is -2.03. The molecule has 3 heteroatoms. The van der Waals surface area contributed by atoms with Crippen molar-refractivity contribution in [3.05, 3.63) is 39.6 Å². The van der Waals surface area contributed by atoms with Crippen LogP contribution < -0.4 is 0 Å². The molecule has 0 bridgehead atoms. The average Bonchev–Trinajstić information content (AvgIpc) is 2.70. The van der Waals surface area contributed by atoms with E-state index in [-0.39, 0.29) is 11.5 Å². The predicted molar refractivity (Wildman–Crippen MR) is 83.3 cm³/mol. The molecule has 0 saturated heterocycles. The van der Waals surface area contributed by atoms with E-state index in [4.69, 9.17) is 0 Å². The van der Waals surface area contributed by atoms with Crippen LogP contribution in [0.25, 0.3) is 16.7 Å². The highest BCUT2D eigenvalue weighted by Crippen LogP contribution is 2.35. The molecule has 0 atom stereocenters. The Labute approximate surface area is 119 Å². The number of aromatic amines is 1. The summed E-state index contributed by atoms with van der Waals surface area (Å²) >= 11 is 0. The molecule has 0 aliphatic rings. The summed E-state index contributed by atoms with van der Waals surface area (Å²) in [6.07, 6.45) is 1.28. The number of H-pyrrole nitrogens is 1. The number of benzene rings is 1. The minimum atomic E-state index is -0.158. The third-order valence-electron chi connectivity index (χ3n) is 4.22. The van der Waals surface area contributed by atoms with E-state index in [2.05, 4.69) is 32.7 Å². The molecule has 2 rings (SSSR count). The maximum atomic E-state index is 11.2. The summed E-state index contributed by atoms with van der Waals surface area (Å²) in [6, 6.07) is 0. The van der Waals surface area contributed by atoms with Gasteiger partial charge < -0.3 is 10.1 Å². The molecule has 20 heavy (non-hydrogen) atoms. The van der Waals surface area contributed by atoms with E-state index in [0.29, 0.717) is 0 Å². The number of allylic oxidation sites excluding steroid dienone is 1. The normalized spacial score (nSPS) is 12.2. The molecule has 0 aliphatic heterocycles. The van der Waals surface area contributed by atoms with Crippen molar-refractivity contribution in [1.29, 1.82) is 0 Å². The number of nitrogens with one attached hydrogen (secondary N) is 1. The first-order valence-corrected chi connectivity index (χ1v) is 6.76. The Morgan fingerprint density at radius 3 is 2.10 bits per heavy atom. The van der Waals surface area contributed by atoms with Gasteiger partial charge in [0.2, 0.25) is 0 Å². The lowest BCUT2D eigenvalue weighted by Gasteiger charge is -2.12. The molecule has 0 saturated carbocycles. The lowest BCUT2D eigenvalue weighted by molar-refractivity contribution is -0.112. The van der Waals surface area contributed by atoms with Gasteiger partial charge >= 0.3 is 0 Å². The standard InChI is InChI=1S/C17H21NO2/c1-8(19)7-14(20)16-13(6)18-17-12(5)10(3)9(2)11(4)15(16)17/h7,18,20H,1-6H3/b14-7-. The maximum absolute atomic E-state index is 11.2. The van der Waals surface area contributed by atoms with Gasteiger partial charge in [0.1, 0.15) is 5.76 Å². The number of carbonyl (C=O) groups excluding carboxylic acids is 1. The van der Waals surface area contributed by atoms with Crippen LogP contribution in [0.5, 0.6) is 0 Å². The molecule has 0 unspecified atom stereocenters. The fourth-order valence-corrected chi connectivity index (χ4v) is 2.80. The van der Waals surface area contributed by atoms with Crippen LogP contribution in [0, 0.1) is 34.6 Å². The van der Waals surface area contributed by atoms with Gasteiger partial charge in [-0.1, -0.05) is 0 Å². The Bertz CT molecular complexity index is 748. The fraction of sp³-hybridized carbons (Fsp3) is 0.353. The highest BCUT2D eigenvalue weighted by atomic mass is 16.3. The smallest absolute Gasteiger partial charge is 0.156 e. The van der Waals surface area contributed by atoms with E-state index in [1.54, 1.807) is 0 Å². The molecular formula is C17H21NO2. The zero-order valence-corrected chi connectivity index (χ0v) is 12.9. The van der Waals surface area contributed by atoms with Gasteiger partial charge in [0.25, 0.3) is 0 Å². The number of carbonyl (C=O) groups is 1. The van der Waals surface area contributed by atoms with Crippen LogP contribution in [0.4, 0.5) is 0 Å². The lowest BCUT2D eigenvalue weighted by Crippen LogP contribution is -1.95. The van der Waals surface area contributed by atoms with Crippen LogP contribution in [0.2, 0.25) is 0 Å². The summed E-state index contributed by atoms with van der Waals surface area (Å²) in [5, 5.41) is 11.3. The summed E-state index contributed by atoms with van der Waals surface area (Å²) in [4.78, 5) is 14.6. The molecule has 106 valence electrons. The Morgan fingerprint density at radius 2 is 1.55 bits per heavy atom. The predicted octanol–water partition coefficient (Wildman–Crippen LogP) is 4.20. The van der Waals surface area contributed by atoms with Crippen molar-refractivity contribution in [1.82, 2.24) is 4.98 Å². The van der Waals surface area contributed by atoms with Gasteiger partial charge in [0, 0.05) is 28.2 Å².